The van der Waals surface area contributed by atoms with Crippen molar-refractivity contribution in [2.75, 3.05) is 19.8 Å². The molecule has 0 aromatic heterocycles. The molecule has 2 rings (SSSR count). The van der Waals surface area contributed by atoms with E-state index in [4.69, 9.17) is 18.9 Å². The molecule has 0 saturated carbocycles. The zero-order valence-corrected chi connectivity index (χ0v) is 14.7. The van der Waals surface area contributed by atoms with Crippen molar-refractivity contribution < 1.29 is 49.6 Å². The van der Waals surface area contributed by atoms with Gasteiger partial charge in [-0.05, 0) is 13.8 Å². The second-order valence-electron chi connectivity index (χ2n) is 6.71. The summed E-state index contributed by atoms with van der Waals surface area (Å²) in [5.74, 6) is 0. The summed E-state index contributed by atoms with van der Waals surface area (Å²) in [5, 5.41) is 58.9. The first kappa shape index (κ1) is 21.6. The summed E-state index contributed by atoms with van der Waals surface area (Å²) in [6.07, 6.45) is -10.3. The van der Waals surface area contributed by atoms with Crippen molar-refractivity contribution in [1.82, 2.24) is 0 Å². The third-order valence-electron chi connectivity index (χ3n) is 4.30. The normalized spacial score (nSPS) is 43.9. The summed E-state index contributed by atoms with van der Waals surface area (Å²) in [4.78, 5) is 0. The number of aliphatic hydroxyl groups is 6. The molecule has 0 aromatic carbocycles. The van der Waals surface area contributed by atoms with Crippen molar-refractivity contribution in [3.05, 3.63) is 11.6 Å². The molecule has 10 nitrogen and oxygen atoms in total. The summed E-state index contributed by atoms with van der Waals surface area (Å²) in [6, 6.07) is 0. The molecule has 10 heteroatoms. The number of allylic oxidation sites excluding steroid dienone is 1. The molecular formula is C16H28O10. The first-order chi connectivity index (χ1) is 12.2. The van der Waals surface area contributed by atoms with Crippen LogP contribution in [0.25, 0.3) is 0 Å². The molecule has 9 atom stereocenters. The van der Waals surface area contributed by atoms with Crippen LogP contribution in [0, 0.1) is 0 Å². The number of hydrogen-bond acceptors (Lipinski definition) is 10. The topological polar surface area (TPSA) is 158 Å². The maximum Gasteiger partial charge on any atom is 0.187 e. The predicted molar refractivity (Wildman–Crippen MR) is 85.8 cm³/mol. The quantitative estimate of drug-likeness (QED) is 0.266. The fraction of sp³-hybridized carbons (Fsp3) is 0.875. The van der Waals surface area contributed by atoms with Gasteiger partial charge < -0.3 is 49.6 Å². The van der Waals surface area contributed by atoms with E-state index in [9.17, 15) is 30.6 Å². The van der Waals surface area contributed by atoms with Gasteiger partial charge in [-0.3, -0.25) is 0 Å². The molecule has 2 aliphatic rings. The lowest BCUT2D eigenvalue weighted by Gasteiger charge is -2.41. The predicted octanol–water partition coefficient (Wildman–Crippen LogP) is -2.77. The smallest absolute Gasteiger partial charge is 0.187 e. The van der Waals surface area contributed by atoms with Crippen molar-refractivity contribution >= 4 is 0 Å². The van der Waals surface area contributed by atoms with Gasteiger partial charge in [0.1, 0.15) is 42.7 Å². The van der Waals surface area contributed by atoms with E-state index in [1.165, 1.54) is 0 Å². The van der Waals surface area contributed by atoms with Gasteiger partial charge in [-0.15, -0.1) is 0 Å². The lowest BCUT2D eigenvalue weighted by Crippen LogP contribution is -2.60. The Morgan fingerprint density at radius 2 is 1.54 bits per heavy atom. The summed E-state index contributed by atoms with van der Waals surface area (Å²) in [5.41, 5.74) is 1.000. The molecule has 2 fully saturated rings. The average molecular weight is 380 g/mol. The molecule has 2 saturated heterocycles. The van der Waals surface area contributed by atoms with Gasteiger partial charge in [-0.25, -0.2) is 0 Å². The van der Waals surface area contributed by atoms with Gasteiger partial charge in [-0.2, -0.15) is 0 Å². The van der Waals surface area contributed by atoms with Gasteiger partial charge in [0, 0.05) is 0 Å². The molecule has 6 N–H and O–H groups in total. The molecule has 0 radical (unpaired) electrons. The van der Waals surface area contributed by atoms with E-state index in [1.807, 2.05) is 13.8 Å². The highest BCUT2D eigenvalue weighted by Crippen LogP contribution is 2.24. The number of hydrogen-bond donors (Lipinski definition) is 6. The molecule has 2 heterocycles. The first-order valence-corrected chi connectivity index (χ1v) is 8.44. The fourth-order valence-electron chi connectivity index (χ4n) is 2.62. The Labute approximate surface area is 151 Å². The Hall–Kier alpha value is -0.660. The minimum atomic E-state index is -1.52. The van der Waals surface area contributed by atoms with Crippen LogP contribution in [-0.2, 0) is 18.9 Å². The van der Waals surface area contributed by atoms with Crippen LogP contribution < -0.4 is 0 Å². The Kier molecular flexibility index (Phi) is 7.91. The second-order valence-corrected chi connectivity index (χ2v) is 6.71. The molecule has 2 aliphatic heterocycles. The van der Waals surface area contributed by atoms with Gasteiger partial charge in [0.05, 0.1) is 19.8 Å². The summed E-state index contributed by atoms with van der Waals surface area (Å²) in [7, 11) is 0. The van der Waals surface area contributed by atoms with Crippen LogP contribution in [0.5, 0.6) is 0 Å². The zero-order chi connectivity index (χ0) is 19.4. The first-order valence-electron chi connectivity index (χ1n) is 8.44. The van der Waals surface area contributed by atoms with Crippen molar-refractivity contribution in [3.8, 4) is 0 Å². The summed E-state index contributed by atoms with van der Waals surface area (Å²) in [6.45, 7) is 3.36. The average Bonchev–Trinajstić information content (AvgIpc) is 2.60. The highest BCUT2D eigenvalue weighted by atomic mass is 16.7. The highest BCUT2D eigenvalue weighted by Gasteiger charge is 2.45. The second kappa shape index (κ2) is 9.51. The third kappa shape index (κ3) is 5.20. The van der Waals surface area contributed by atoms with Crippen LogP contribution in [-0.4, -0.2) is 106 Å². The molecule has 0 spiro atoms. The van der Waals surface area contributed by atoms with Crippen LogP contribution in [0.3, 0.4) is 0 Å². The maximum atomic E-state index is 10.1. The number of rotatable bonds is 6. The summed E-state index contributed by atoms with van der Waals surface area (Å²) < 4.78 is 21.2. The molecule has 0 unspecified atom stereocenters. The van der Waals surface area contributed by atoms with Gasteiger partial charge in [-0.1, -0.05) is 11.6 Å². The Bertz CT molecular complexity index is 468. The third-order valence-corrected chi connectivity index (χ3v) is 4.30. The van der Waals surface area contributed by atoms with Gasteiger partial charge >= 0.3 is 0 Å². The fourth-order valence-corrected chi connectivity index (χ4v) is 2.62. The van der Waals surface area contributed by atoms with E-state index in [1.54, 1.807) is 6.08 Å². The van der Waals surface area contributed by atoms with Gasteiger partial charge in [0.25, 0.3) is 0 Å². The largest absolute Gasteiger partial charge is 0.388 e. The van der Waals surface area contributed by atoms with Crippen molar-refractivity contribution in [2.24, 2.45) is 0 Å². The standard InChI is InChI=1S/C16H28O10/c1-7(2)3-4-23-16-14(22)12(20)11(19)9(26-16)6-25-15-13(21)10(18)8(17)5-24-15/h3,8-22H,4-6H2,1-2H3/t8-,9-,10-,11-,12+,13-,14-,15-,16-/m1/s1. The van der Waals surface area contributed by atoms with Crippen LogP contribution in [0.4, 0.5) is 0 Å². The Morgan fingerprint density at radius 1 is 0.885 bits per heavy atom. The van der Waals surface area contributed by atoms with Crippen molar-refractivity contribution in [2.45, 2.75) is 69.2 Å². The van der Waals surface area contributed by atoms with Crippen LogP contribution in [0.15, 0.2) is 11.6 Å². The Morgan fingerprint density at radius 3 is 2.19 bits per heavy atom. The minimum Gasteiger partial charge on any atom is -0.388 e. The van der Waals surface area contributed by atoms with Crippen LogP contribution in [0.2, 0.25) is 0 Å². The SMILES string of the molecule is CC(C)=CCO[C@@H]1O[C@H](CO[C@H]2OC[C@@H](O)[C@@H](O)[C@H]2O)[C@@H](O)[C@H](O)[C@H]1O. The molecule has 0 bridgehead atoms. The Balaban J connectivity index is 1.91. The van der Waals surface area contributed by atoms with E-state index in [0.29, 0.717) is 0 Å². The molecule has 0 aromatic rings. The van der Waals surface area contributed by atoms with Crippen LogP contribution in [0.1, 0.15) is 13.8 Å². The lowest BCUT2D eigenvalue weighted by molar-refractivity contribution is -0.319. The number of ether oxygens (including phenoxy) is 4. The van der Waals surface area contributed by atoms with Crippen molar-refractivity contribution in [1.29, 1.82) is 0 Å². The maximum absolute atomic E-state index is 10.1. The van der Waals surface area contributed by atoms with Crippen molar-refractivity contribution in [3.63, 3.8) is 0 Å². The molecule has 26 heavy (non-hydrogen) atoms. The molecule has 0 amide bonds. The number of aliphatic hydroxyl groups excluding tert-OH is 6. The summed E-state index contributed by atoms with van der Waals surface area (Å²) >= 11 is 0. The lowest BCUT2D eigenvalue weighted by atomic mass is 9.99. The zero-order valence-electron chi connectivity index (χ0n) is 14.7. The molecular weight excluding hydrogens is 352 g/mol. The van der Waals surface area contributed by atoms with Gasteiger partial charge in [0.15, 0.2) is 12.6 Å². The minimum absolute atomic E-state index is 0.148. The van der Waals surface area contributed by atoms with Gasteiger partial charge in [0.2, 0.25) is 0 Å². The highest BCUT2D eigenvalue weighted by molar-refractivity contribution is 4.94. The van der Waals surface area contributed by atoms with E-state index >= 15 is 0 Å². The monoisotopic (exact) mass is 380 g/mol. The molecule has 152 valence electrons. The van der Waals surface area contributed by atoms with E-state index in [0.717, 1.165) is 5.57 Å². The van der Waals surface area contributed by atoms with E-state index in [-0.39, 0.29) is 19.8 Å². The van der Waals surface area contributed by atoms with E-state index < -0.39 is 55.3 Å². The molecule has 0 aliphatic carbocycles. The van der Waals surface area contributed by atoms with Crippen LogP contribution >= 0.6 is 0 Å². The van der Waals surface area contributed by atoms with E-state index in [2.05, 4.69) is 0 Å².